The third-order valence-electron chi connectivity index (χ3n) is 9.66. The van der Waals surface area contributed by atoms with E-state index in [-0.39, 0.29) is 30.3 Å². The maximum atomic E-state index is 13.9. The Morgan fingerprint density at radius 3 is 2.22 bits per heavy atom. The molecular weight excluding hydrogens is 688 g/mol. The zero-order valence-corrected chi connectivity index (χ0v) is 33.1. The zero-order valence-electron chi connectivity index (χ0n) is 33.1. The first-order chi connectivity index (χ1) is 25.4. The molecule has 4 atom stereocenters. The lowest BCUT2D eigenvalue weighted by Gasteiger charge is -2.32. The summed E-state index contributed by atoms with van der Waals surface area (Å²) in [4.78, 5) is 39.7. The molecule has 0 bridgehead atoms. The number of hydrogen-bond acceptors (Lipinski definition) is 10. The van der Waals surface area contributed by atoms with E-state index in [0.717, 1.165) is 22.2 Å². The van der Waals surface area contributed by atoms with Crippen LogP contribution in [0.1, 0.15) is 79.8 Å². The standard InChI is InChI=1S/C40H56N8O6/c1-38(2,3)53-36(49)46(21-16-26-14-11-10-12-15-26)18-13-19-47(37(50)54-39(4,5)6)23-27-22-30(33-32(27)51-40(7,8)52-33)48-24-28(29-17-20-45(9)44-29)31-34(41)42-25-43-35(31)48/h10-12,14-15,17,20,24-25,27,30,32-33H,13,16,18-19,21-23H2,1-9H3,(H2,41,42,43)/t27-,30-,32-,33+/m1/s1. The highest BCUT2D eigenvalue weighted by Gasteiger charge is 2.55. The largest absolute Gasteiger partial charge is 0.444 e. The summed E-state index contributed by atoms with van der Waals surface area (Å²) in [6, 6.07) is 11.8. The summed E-state index contributed by atoms with van der Waals surface area (Å²) in [5, 5.41) is 5.37. The van der Waals surface area contributed by atoms with Gasteiger partial charge in [-0.25, -0.2) is 19.6 Å². The molecule has 6 rings (SSSR count). The monoisotopic (exact) mass is 744 g/mol. The summed E-state index contributed by atoms with van der Waals surface area (Å²) in [6.07, 6.45) is 5.80. The molecule has 0 radical (unpaired) electrons. The topological polar surface area (TPSA) is 152 Å². The number of rotatable bonds is 11. The minimum absolute atomic E-state index is 0.107. The summed E-state index contributed by atoms with van der Waals surface area (Å²) in [5.41, 5.74) is 8.53. The van der Waals surface area contributed by atoms with Crippen LogP contribution >= 0.6 is 0 Å². The lowest BCUT2D eigenvalue weighted by molar-refractivity contribution is -0.160. The fourth-order valence-electron chi connectivity index (χ4n) is 7.47. The second-order valence-electron chi connectivity index (χ2n) is 16.9. The zero-order chi connectivity index (χ0) is 39.0. The van der Waals surface area contributed by atoms with Gasteiger partial charge in [0.15, 0.2) is 5.79 Å². The Morgan fingerprint density at radius 1 is 0.926 bits per heavy atom. The molecule has 0 unspecified atom stereocenters. The van der Waals surface area contributed by atoms with E-state index in [2.05, 4.69) is 19.6 Å². The van der Waals surface area contributed by atoms with Crippen molar-refractivity contribution < 1.29 is 28.5 Å². The van der Waals surface area contributed by atoms with Crippen molar-refractivity contribution >= 4 is 29.0 Å². The van der Waals surface area contributed by atoms with Gasteiger partial charge in [-0.05, 0) is 86.3 Å². The number of hydrogen-bond donors (Lipinski definition) is 1. The van der Waals surface area contributed by atoms with Crippen molar-refractivity contribution in [3.63, 3.8) is 0 Å². The third kappa shape index (κ3) is 9.15. The molecule has 2 amide bonds. The molecule has 3 aromatic heterocycles. The summed E-state index contributed by atoms with van der Waals surface area (Å²) in [5.74, 6) is -0.574. The number of aromatic nitrogens is 5. The third-order valence-corrected chi connectivity index (χ3v) is 9.66. The van der Waals surface area contributed by atoms with Gasteiger partial charge in [0, 0.05) is 57.1 Å². The SMILES string of the molecule is Cn1ccc(-c2cn([C@@H]3C[C@H](CN(CCCN(CCc4ccccc4)C(=O)OC(C)(C)C)C(=O)OC(C)(C)C)[C@H]4OC(C)(C)O[C@H]43)c3ncnc(N)c23)n1. The number of fused-ring (bicyclic) bond motifs is 2. The van der Waals surface area contributed by atoms with Crippen LogP contribution in [0.25, 0.3) is 22.3 Å². The van der Waals surface area contributed by atoms with Gasteiger partial charge in [0.1, 0.15) is 35.1 Å². The molecule has 4 heterocycles. The van der Waals surface area contributed by atoms with Gasteiger partial charge in [-0.15, -0.1) is 0 Å². The molecule has 1 aromatic carbocycles. The van der Waals surface area contributed by atoms with Crippen molar-refractivity contribution in [1.29, 1.82) is 0 Å². The van der Waals surface area contributed by atoms with E-state index >= 15 is 0 Å². The van der Waals surface area contributed by atoms with E-state index < -0.39 is 23.1 Å². The quantitative estimate of drug-likeness (QED) is 0.178. The van der Waals surface area contributed by atoms with Crippen molar-refractivity contribution in [2.45, 2.75) is 110 Å². The fraction of sp³-hybridized carbons (Fsp3) is 0.575. The van der Waals surface area contributed by atoms with Crippen molar-refractivity contribution in [1.82, 2.24) is 34.1 Å². The first-order valence-corrected chi connectivity index (χ1v) is 18.8. The van der Waals surface area contributed by atoms with Crippen LogP contribution in [0.4, 0.5) is 15.4 Å². The van der Waals surface area contributed by atoms with Crippen LogP contribution in [0.5, 0.6) is 0 Å². The number of carbonyl (C=O) groups excluding carboxylic acids is 2. The maximum Gasteiger partial charge on any atom is 0.410 e. The molecule has 54 heavy (non-hydrogen) atoms. The van der Waals surface area contributed by atoms with Gasteiger partial charge in [0.05, 0.1) is 23.2 Å². The second-order valence-corrected chi connectivity index (χ2v) is 16.9. The number of aryl methyl sites for hydroxylation is 1. The number of anilines is 1. The van der Waals surface area contributed by atoms with Crippen molar-refractivity contribution in [2.24, 2.45) is 13.0 Å². The highest BCUT2D eigenvalue weighted by atomic mass is 16.8. The lowest BCUT2D eigenvalue weighted by Crippen LogP contribution is -2.44. The molecule has 14 nitrogen and oxygen atoms in total. The Balaban J connectivity index is 1.25. The number of nitrogen functional groups attached to an aromatic ring is 1. The van der Waals surface area contributed by atoms with Crippen molar-refractivity contribution in [3.05, 3.63) is 60.7 Å². The van der Waals surface area contributed by atoms with Gasteiger partial charge in [-0.2, -0.15) is 5.10 Å². The first kappa shape index (κ1) is 39.0. The second kappa shape index (κ2) is 15.2. The lowest BCUT2D eigenvalue weighted by atomic mass is 10.0. The molecule has 2 N–H and O–H groups in total. The van der Waals surface area contributed by atoms with E-state index in [4.69, 9.17) is 24.7 Å². The van der Waals surface area contributed by atoms with Crippen LogP contribution in [0.3, 0.4) is 0 Å². The average Bonchev–Trinajstić information content (AvgIpc) is 3.83. The molecule has 1 aliphatic heterocycles. The number of nitrogens with two attached hydrogens (primary N) is 1. The van der Waals surface area contributed by atoms with E-state index in [9.17, 15) is 9.59 Å². The first-order valence-electron chi connectivity index (χ1n) is 18.8. The van der Waals surface area contributed by atoms with E-state index in [1.807, 2.05) is 111 Å². The molecular formula is C40H56N8O6. The number of amides is 2. The Morgan fingerprint density at radius 2 is 1.57 bits per heavy atom. The predicted molar refractivity (Wildman–Crippen MR) is 205 cm³/mol. The molecule has 292 valence electrons. The summed E-state index contributed by atoms with van der Waals surface area (Å²) in [6.45, 7) is 16.6. The van der Waals surface area contributed by atoms with Gasteiger partial charge in [0.2, 0.25) is 0 Å². The molecule has 2 fully saturated rings. The van der Waals surface area contributed by atoms with Gasteiger partial charge < -0.3 is 39.0 Å². The molecule has 0 spiro atoms. The molecule has 4 aromatic rings. The Hall–Kier alpha value is -4.69. The van der Waals surface area contributed by atoms with Gasteiger partial charge in [0.25, 0.3) is 0 Å². The van der Waals surface area contributed by atoms with Crippen LogP contribution in [-0.4, -0.2) is 102 Å². The molecule has 1 saturated carbocycles. The number of nitrogens with zero attached hydrogens (tertiary/aromatic N) is 7. The van der Waals surface area contributed by atoms with Crippen molar-refractivity contribution in [3.8, 4) is 11.3 Å². The van der Waals surface area contributed by atoms with Crippen LogP contribution < -0.4 is 5.73 Å². The Kier molecular flexibility index (Phi) is 11.0. The highest BCUT2D eigenvalue weighted by molar-refractivity contribution is 5.99. The van der Waals surface area contributed by atoms with Crippen LogP contribution in [0.15, 0.2) is 55.1 Å². The normalized spacial score (nSPS) is 20.9. The molecule has 14 heteroatoms. The summed E-state index contributed by atoms with van der Waals surface area (Å²) < 4.78 is 28.8. The molecule has 1 saturated heterocycles. The predicted octanol–water partition coefficient (Wildman–Crippen LogP) is 6.60. The maximum absolute atomic E-state index is 13.9. The summed E-state index contributed by atoms with van der Waals surface area (Å²) in [7, 11) is 1.87. The smallest absolute Gasteiger partial charge is 0.410 e. The van der Waals surface area contributed by atoms with Crippen LogP contribution in [-0.2, 0) is 32.4 Å². The summed E-state index contributed by atoms with van der Waals surface area (Å²) >= 11 is 0. The molecule has 1 aliphatic carbocycles. The van der Waals surface area contributed by atoms with Crippen molar-refractivity contribution in [2.75, 3.05) is 31.9 Å². The molecule has 2 aliphatic rings. The van der Waals surface area contributed by atoms with E-state index in [0.29, 0.717) is 56.9 Å². The van der Waals surface area contributed by atoms with Gasteiger partial charge in [-0.3, -0.25) is 4.68 Å². The number of ether oxygens (including phenoxy) is 4. The average molecular weight is 745 g/mol. The Bertz CT molecular complexity index is 1930. The van der Waals surface area contributed by atoms with E-state index in [1.54, 1.807) is 14.5 Å². The highest BCUT2D eigenvalue weighted by Crippen LogP contribution is 2.49. The fourth-order valence-corrected chi connectivity index (χ4v) is 7.47. The van der Waals surface area contributed by atoms with Crippen LogP contribution in [0, 0.1) is 5.92 Å². The van der Waals surface area contributed by atoms with E-state index in [1.165, 1.54) is 6.33 Å². The number of carbonyl (C=O) groups is 2. The van der Waals surface area contributed by atoms with Gasteiger partial charge >= 0.3 is 12.2 Å². The Labute approximate surface area is 317 Å². The minimum Gasteiger partial charge on any atom is -0.444 e. The van der Waals surface area contributed by atoms with Gasteiger partial charge in [-0.1, -0.05) is 30.3 Å². The number of benzene rings is 1. The minimum atomic E-state index is -0.837. The van der Waals surface area contributed by atoms with Crippen LogP contribution in [0.2, 0.25) is 0 Å².